The molecule has 1 unspecified atom stereocenters. The molecule has 1 atom stereocenters. The van der Waals surface area contributed by atoms with Crippen LogP contribution in [0.25, 0.3) is 0 Å². The largest absolute Gasteiger partial charge is 0.452 e. The van der Waals surface area contributed by atoms with Crippen molar-refractivity contribution in [3.63, 3.8) is 0 Å². The first-order valence-electron chi connectivity index (χ1n) is 7.56. The topological polar surface area (TPSA) is 21.3 Å². The van der Waals surface area contributed by atoms with E-state index >= 15 is 0 Å². The highest BCUT2D eigenvalue weighted by molar-refractivity contribution is 6.32. The number of benzene rings is 2. The third-order valence-corrected chi connectivity index (χ3v) is 4.57. The van der Waals surface area contributed by atoms with Gasteiger partial charge in [-0.15, -0.1) is 0 Å². The first-order valence-corrected chi connectivity index (χ1v) is 7.94. The van der Waals surface area contributed by atoms with E-state index in [2.05, 4.69) is 5.32 Å². The molecule has 2 aromatic rings. The molecule has 4 heteroatoms. The van der Waals surface area contributed by atoms with Gasteiger partial charge in [-0.1, -0.05) is 35.9 Å². The van der Waals surface area contributed by atoms with E-state index < -0.39 is 5.82 Å². The fraction of sp³-hybridized carbons (Fsp3) is 0.333. The van der Waals surface area contributed by atoms with Gasteiger partial charge in [0.1, 0.15) is 5.75 Å². The number of nitrogens with one attached hydrogen (secondary N) is 1. The van der Waals surface area contributed by atoms with Crippen LogP contribution in [0.1, 0.15) is 17.5 Å². The van der Waals surface area contributed by atoms with Crippen LogP contribution in [0.5, 0.6) is 11.5 Å². The molecule has 2 nitrogen and oxygen atoms in total. The van der Waals surface area contributed by atoms with Crippen LogP contribution in [0.3, 0.4) is 0 Å². The van der Waals surface area contributed by atoms with Gasteiger partial charge in [0.2, 0.25) is 0 Å². The van der Waals surface area contributed by atoms with Gasteiger partial charge in [-0.05, 0) is 62.0 Å². The quantitative estimate of drug-likeness (QED) is 0.879. The van der Waals surface area contributed by atoms with Crippen LogP contribution in [0.2, 0.25) is 5.02 Å². The maximum atomic E-state index is 14.0. The minimum Gasteiger partial charge on any atom is -0.452 e. The van der Waals surface area contributed by atoms with Crippen molar-refractivity contribution in [2.75, 3.05) is 13.1 Å². The molecule has 1 N–H and O–H groups in total. The maximum Gasteiger partial charge on any atom is 0.181 e. The van der Waals surface area contributed by atoms with Gasteiger partial charge in [-0.3, -0.25) is 0 Å². The predicted molar refractivity (Wildman–Crippen MR) is 87.3 cm³/mol. The Kier molecular flexibility index (Phi) is 4.65. The van der Waals surface area contributed by atoms with E-state index in [1.807, 2.05) is 31.2 Å². The lowest BCUT2D eigenvalue weighted by Gasteiger charge is -2.15. The highest BCUT2D eigenvalue weighted by Gasteiger charge is 2.18. The molecule has 1 fully saturated rings. The van der Waals surface area contributed by atoms with Gasteiger partial charge in [-0.2, -0.15) is 0 Å². The van der Waals surface area contributed by atoms with Crippen molar-refractivity contribution in [1.29, 1.82) is 0 Å². The number of para-hydroxylation sites is 1. The molecule has 1 aliphatic heterocycles. The van der Waals surface area contributed by atoms with Gasteiger partial charge in [-0.25, -0.2) is 4.39 Å². The minimum absolute atomic E-state index is 0.110. The molecule has 1 aliphatic rings. The number of aryl methyl sites for hydroxylation is 1. The highest BCUT2D eigenvalue weighted by Crippen LogP contribution is 2.36. The average Bonchev–Trinajstić information content (AvgIpc) is 3.02. The zero-order valence-electron chi connectivity index (χ0n) is 12.5. The van der Waals surface area contributed by atoms with Crippen molar-refractivity contribution in [2.45, 2.75) is 19.8 Å². The van der Waals surface area contributed by atoms with Crippen LogP contribution in [0.4, 0.5) is 4.39 Å². The third-order valence-electron chi connectivity index (χ3n) is 4.10. The molecule has 0 aliphatic carbocycles. The Morgan fingerprint density at radius 2 is 2.09 bits per heavy atom. The van der Waals surface area contributed by atoms with E-state index in [0.29, 0.717) is 16.7 Å². The Labute approximate surface area is 135 Å². The van der Waals surface area contributed by atoms with E-state index in [-0.39, 0.29) is 5.75 Å². The predicted octanol–water partition coefficient (Wildman–Crippen LogP) is 4.73. The Hall–Kier alpha value is -1.58. The Morgan fingerprint density at radius 3 is 2.86 bits per heavy atom. The van der Waals surface area contributed by atoms with Crippen LogP contribution in [0.15, 0.2) is 36.4 Å². The Balaban J connectivity index is 1.88. The number of hydrogen-bond donors (Lipinski definition) is 1. The molecule has 0 aromatic heterocycles. The zero-order valence-corrected chi connectivity index (χ0v) is 13.3. The fourth-order valence-corrected chi connectivity index (χ4v) is 3.00. The zero-order chi connectivity index (χ0) is 15.5. The summed E-state index contributed by atoms with van der Waals surface area (Å²) in [6.45, 7) is 3.92. The standard InChI is InChI=1S/C18H19ClFNO/c1-12-6-7-15(20)18(17(12)19)22-16-5-3-2-4-14(16)10-13-8-9-21-11-13/h2-7,13,21H,8-11H2,1H3. The molecule has 22 heavy (non-hydrogen) atoms. The smallest absolute Gasteiger partial charge is 0.181 e. The van der Waals surface area contributed by atoms with Gasteiger partial charge < -0.3 is 10.1 Å². The van der Waals surface area contributed by atoms with Gasteiger partial charge >= 0.3 is 0 Å². The van der Waals surface area contributed by atoms with E-state index in [9.17, 15) is 4.39 Å². The van der Waals surface area contributed by atoms with Crippen molar-refractivity contribution < 1.29 is 9.13 Å². The molecule has 2 aromatic carbocycles. The van der Waals surface area contributed by atoms with Crippen LogP contribution in [-0.2, 0) is 6.42 Å². The molecule has 1 heterocycles. The fourth-order valence-electron chi connectivity index (χ4n) is 2.81. The summed E-state index contributed by atoms with van der Waals surface area (Å²) in [5, 5.41) is 3.70. The van der Waals surface area contributed by atoms with Gasteiger partial charge in [0.25, 0.3) is 0 Å². The summed E-state index contributed by atoms with van der Waals surface area (Å²) in [5.41, 5.74) is 1.89. The van der Waals surface area contributed by atoms with Gasteiger partial charge in [0.05, 0.1) is 5.02 Å². The SMILES string of the molecule is Cc1ccc(F)c(Oc2ccccc2CC2CCNC2)c1Cl. The van der Waals surface area contributed by atoms with Crippen LogP contribution < -0.4 is 10.1 Å². The summed E-state index contributed by atoms with van der Waals surface area (Å²) in [4.78, 5) is 0. The Morgan fingerprint density at radius 1 is 1.27 bits per heavy atom. The van der Waals surface area contributed by atoms with Gasteiger partial charge in [0, 0.05) is 0 Å². The summed E-state index contributed by atoms with van der Waals surface area (Å²) >= 11 is 6.20. The summed E-state index contributed by atoms with van der Waals surface area (Å²) in [5.74, 6) is 0.954. The number of hydrogen-bond acceptors (Lipinski definition) is 2. The molecule has 0 spiro atoms. The molecule has 1 saturated heterocycles. The molecule has 116 valence electrons. The second kappa shape index (κ2) is 6.67. The van der Waals surface area contributed by atoms with Crippen molar-refractivity contribution in [3.8, 4) is 11.5 Å². The summed E-state index contributed by atoms with van der Waals surface area (Å²) in [7, 11) is 0. The van der Waals surface area contributed by atoms with Crippen molar-refractivity contribution >= 4 is 11.6 Å². The molecular formula is C18H19ClFNO. The van der Waals surface area contributed by atoms with Crippen LogP contribution in [0, 0.1) is 18.7 Å². The van der Waals surface area contributed by atoms with Crippen LogP contribution >= 0.6 is 11.6 Å². The van der Waals surface area contributed by atoms with Crippen molar-refractivity contribution in [2.24, 2.45) is 5.92 Å². The summed E-state index contributed by atoms with van der Waals surface area (Å²) in [6, 6.07) is 10.8. The average molecular weight is 320 g/mol. The molecule has 0 saturated carbocycles. The van der Waals surface area contributed by atoms with Gasteiger partial charge in [0.15, 0.2) is 11.6 Å². The van der Waals surface area contributed by atoms with Crippen molar-refractivity contribution in [3.05, 3.63) is 58.4 Å². The summed E-state index contributed by atoms with van der Waals surface area (Å²) < 4.78 is 19.9. The van der Waals surface area contributed by atoms with E-state index in [1.165, 1.54) is 6.07 Å². The van der Waals surface area contributed by atoms with E-state index in [1.54, 1.807) is 6.07 Å². The minimum atomic E-state index is -0.437. The molecule has 3 rings (SSSR count). The van der Waals surface area contributed by atoms with Crippen LogP contribution in [-0.4, -0.2) is 13.1 Å². The number of halogens is 2. The Bertz CT molecular complexity index is 668. The normalized spacial score (nSPS) is 17.7. The first kappa shape index (κ1) is 15.3. The number of rotatable bonds is 4. The second-order valence-corrected chi connectivity index (χ2v) is 6.16. The first-order chi connectivity index (χ1) is 10.6. The third kappa shape index (κ3) is 3.26. The highest BCUT2D eigenvalue weighted by atomic mass is 35.5. The van der Waals surface area contributed by atoms with E-state index in [4.69, 9.17) is 16.3 Å². The molecular weight excluding hydrogens is 301 g/mol. The van der Waals surface area contributed by atoms with Crippen molar-refractivity contribution in [1.82, 2.24) is 5.32 Å². The monoisotopic (exact) mass is 319 g/mol. The molecule has 0 radical (unpaired) electrons. The van der Waals surface area contributed by atoms with E-state index in [0.717, 1.165) is 37.1 Å². The molecule has 0 amide bonds. The summed E-state index contributed by atoms with van der Waals surface area (Å²) in [6.07, 6.45) is 2.09. The lowest BCUT2D eigenvalue weighted by molar-refractivity contribution is 0.433. The molecule has 0 bridgehead atoms. The second-order valence-electron chi connectivity index (χ2n) is 5.78. The lowest BCUT2D eigenvalue weighted by atomic mass is 9.98. The maximum absolute atomic E-state index is 14.0. The number of ether oxygens (including phenoxy) is 1. The lowest BCUT2D eigenvalue weighted by Crippen LogP contribution is -2.11.